The summed E-state index contributed by atoms with van der Waals surface area (Å²) in [6.07, 6.45) is 0. The first kappa shape index (κ1) is 11.6. The summed E-state index contributed by atoms with van der Waals surface area (Å²) in [5.41, 5.74) is 3.58. The van der Waals surface area contributed by atoms with Crippen LogP contribution in [0.15, 0.2) is 36.4 Å². The molecule has 2 nitrogen and oxygen atoms in total. The number of aryl methyl sites for hydroxylation is 1. The van der Waals surface area contributed by atoms with Gasteiger partial charge in [-0.05, 0) is 30.7 Å². The first-order chi connectivity index (χ1) is 8.78. The van der Waals surface area contributed by atoms with Crippen molar-refractivity contribution in [2.24, 2.45) is 0 Å². The quantitative estimate of drug-likeness (QED) is 0.713. The number of nitrogens with one attached hydrogen (secondary N) is 1. The van der Waals surface area contributed by atoms with Gasteiger partial charge in [0.1, 0.15) is 5.75 Å². The van der Waals surface area contributed by atoms with E-state index in [2.05, 4.69) is 58.2 Å². The highest BCUT2D eigenvalue weighted by Gasteiger charge is 2.05. The second kappa shape index (κ2) is 4.65. The first-order valence-electron chi connectivity index (χ1n) is 5.99. The van der Waals surface area contributed by atoms with E-state index in [4.69, 9.17) is 4.74 Å². The van der Waals surface area contributed by atoms with E-state index in [1.165, 1.54) is 21.9 Å². The van der Waals surface area contributed by atoms with E-state index in [0.29, 0.717) is 6.61 Å². The number of fused-ring (bicyclic) bond motifs is 3. The largest absolute Gasteiger partial charge is 0.493 e. The maximum atomic E-state index is 5.62. The number of halogens is 1. The van der Waals surface area contributed by atoms with Gasteiger partial charge in [0.25, 0.3) is 0 Å². The molecule has 2 aromatic carbocycles. The van der Waals surface area contributed by atoms with Crippen LogP contribution in [-0.2, 0) is 0 Å². The standard InChI is InChI=1S/C15H14BrNO/c1-10-2-4-12-13-5-3-11(18-7-6-16)9-15(13)17-14(12)8-10/h2-5,8-9,17H,6-7H2,1H3. The van der Waals surface area contributed by atoms with Crippen molar-refractivity contribution in [3.63, 3.8) is 0 Å². The number of ether oxygens (including phenoxy) is 1. The molecular weight excluding hydrogens is 290 g/mol. The molecule has 1 N–H and O–H groups in total. The van der Waals surface area contributed by atoms with Gasteiger partial charge in [0.05, 0.1) is 12.1 Å². The minimum absolute atomic E-state index is 0.685. The summed E-state index contributed by atoms with van der Waals surface area (Å²) in [5, 5.41) is 3.36. The molecule has 0 bridgehead atoms. The molecule has 3 aromatic rings. The molecule has 0 aliphatic heterocycles. The van der Waals surface area contributed by atoms with E-state index >= 15 is 0 Å². The fourth-order valence-corrected chi connectivity index (χ4v) is 2.41. The molecule has 0 spiro atoms. The van der Waals surface area contributed by atoms with Gasteiger partial charge in [-0.15, -0.1) is 0 Å². The Balaban J connectivity index is 2.14. The van der Waals surface area contributed by atoms with Crippen molar-refractivity contribution in [1.29, 1.82) is 0 Å². The summed E-state index contributed by atoms with van der Waals surface area (Å²) in [5.74, 6) is 0.908. The predicted octanol–water partition coefficient (Wildman–Crippen LogP) is 4.40. The summed E-state index contributed by atoms with van der Waals surface area (Å²) < 4.78 is 5.62. The van der Waals surface area contributed by atoms with Crippen molar-refractivity contribution in [2.75, 3.05) is 11.9 Å². The SMILES string of the molecule is Cc1ccc2c(c1)[nH]c1cc(OCCBr)ccc12. The van der Waals surface area contributed by atoms with Gasteiger partial charge < -0.3 is 9.72 Å². The summed E-state index contributed by atoms with van der Waals surface area (Å²) in [4.78, 5) is 3.44. The molecular formula is C15H14BrNO. The lowest BCUT2D eigenvalue weighted by Crippen LogP contribution is -1.97. The average molecular weight is 304 g/mol. The molecule has 92 valence electrons. The number of alkyl halides is 1. The zero-order valence-electron chi connectivity index (χ0n) is 10.2. The average Bonchev–Trinajstić information content (AvgIpc) is 2.72. The number of hydrogen-bond acceptors (Lipinski definition) is 1. The highest BCUT2D eigenvalue weighted by atomic mass is 79.9. The number of rotatable bonds is 3. The van der Waals surface area contributed by atoms with Crippen LogP contribution in [0.2, 0.25) is 0 Å². The third-order valence-electron chi connectivity index (χ3n) is 3.07. The Labute approximate surface area is 114 Å². The molecule has 0 amide bonds. The van der Waals surface area contributed by atoms with E-state index in [0.717, 1.165) is 16.6 Å². The Hall–Kier alpha value is -1.48. The van der Waals surface area contributed by atoms with Crippen molar-refractivity contribution in [3.05, 3.63) is 42.0 Å². The minimum Gasteiger partial charge on any atom is -0.493 e. The number of benzene rings is 2. The van der Waals surface area contributed by atoms with Crippen LogP contribution in [0.4, 0.5) is 0 Å². The van der Waals surface area contributed by atoms with Gasteiger partial charge >= 0.3 is 0 Å². The monoisotopic (exact) mass is 303 g/mol. The highest BCUT2D eigenvalue weighted by molar-refractivity contribution is 9.09. The number of aromatic amines is 1. The van der Waals surface area contributed by atoms with Crippen LogP contribution in [0.1, 0.15) is 5.56 Å². The summed E-state index contributed by atoms with van der Waals surface area (Å²) in [6.45, 7) is 2.79. The Morgan fingerprint density at radius 1 is 1.06 bits per heavy atom. The van der Waals surface area contributed by atoms with Gasteiger partial charge in [0.2, 0.25) is 0 Å². The predicted molar refractivity (Wildman–Crippen MR) is 79.8 cm³/mol. The van der Waals surface area contributed by atoms with Crippen LogP contribution in [0.5, 0.6) is 5.75 Å². The van der Waals surface area contributed by atoms with Gasteiger partial charge in [-0.1, -0.05) is 28.1 Å². The molecule has 3 heteroatoms. The van der Waals surface area contributed by atoms with Crippen molar-refractivity contribution in [2.45, 2.75) is 6.92 Å². The lowest BCUT2D eigenvalue weighted by atomic mass is 10.1. The lowest BCUT2D eigenvalue weighted by Gasteiger charge is -2.03. The lowest BCUT2D eigenvalue weighted by molar-refractivity contribution is 0.345. The zero-order chi connectivity index (χ0) is 12.5. The fraction of sp³-hybridized carbons (Fsp3) is 0.200. The normalized spacial score (nSPS) is 11.2. The molecule has 0 atom stereocenters. The van der Waals surface area contributed by atoms with Crippen molar-refractivity contribution in [3.8, 4) is 5.75 Å². The second-order valence-corrected chi connectivity index (χ2v) is 5.21. The van der Waals surface area contributed by atoms with E-state index in [9.17, 15) is 0 Å². The van der Waals surface area contributed by atoms with Gasteiger partial charge in [-0.2, -0.15) is 0 Å². The van der Waals surface area contributed by atoms with Crippen LogP contribution < -0.4 is 4.74 Å². The molecule has 0 saturated heterocycles. The highest BCUT2D eigenvalue weighted by Crippen LogP contribution is 2.28. The molecule has 1 aromatic heterocycles. The fourth-order valence-electron chi connectivity index (χ4n) is 2.25. The number of aromatic nitrogens is 1. The minimum atomic E-state index is 0.685. The maximum absolute atomic E-state index is 5.62. The summed E-state index contributed by atoms with van der Waals surface area (Å²) in [6, 6.07) is 12.7. The first-order valence-corrected chi connectivity index (χ1v) is 7.11. The molecule has 18 heavy (non-hydrogen) atoms. The van der Waals surface area contributed by atoms with Crippen LogP contribution >= 0.6 is 15.9 Å². The van der Waals surface area contributed by atoms with Gasteiger partial charge in [-0.25, -0.2) is 0 Å². The van der Waals surface area contributed by atoms with Crippen LogP contribution in [0.3, 0.4) is 0 Å². The Morgan fingerprint density at radius 2 is 1.78 bits per heavy atom. The van der Waals surface area contributed by atoms with Gasteiger partial charge in [0, 0.05) is 27.7 Å². The topological polar surface area (TPSA) is 25.0 Å². The molecule has 0 aliphatic rings. The van der Waals surface area contributed by atoms with Crippen LogP contribution in [0, 0.1) is 6.92 Å². The molecule has 0 fully saturated rings. The molecule has 3 rings (SSSR count). The van der Waals surface area contributed by atoms with Crippen molar-refractivity contribution in [1.82, 2.24) is 4.98 Å². The third kappa shape index (κ3) is 1.99. The smallest absolute Gasteiger partial charge is 0.121 e. The molecule has 0 saturated carbocycles. The van der Waals surface area contributed by atoms with Crippen molar-refractivity contribution < 1.29 is 4.74 Å². The number of hydrogen-bond donors (Lipinski definition) is 1. The van der Waals surface area contributed by atoms with E-state index in [-0.39, 0.29) is 0 Å². The van der Waals surface area contributed by atoms with E-state index in [1.807, 2.05) is 6.07 Å². The van der Waals surface area contributed by atoms with Crippen LogP contribution in [-0.4, -0.2) is 16.9 Å². The van der Waals surface area contributed by atoms with E-state index < -0.39 is 0 Å². The summed E-state index contributed by atoms with van der Waals surface area (Å²) >= 11 is 3.36. The molecule has 0 radical (unpaired) electrons. The zero-order valence-corrected chi connectivity index (χ0v) is 11.8. The van der Waals surface area contributed by atoms with Crippen LogP contribution in [0.25, 0.3) is 21.8 Å². The second-order valence-electron chi connectivity index (χ2n) is 4.42. The summed E-state index contributed by atoms with van der Waals surface area (Å²) in [7, 11) is 0. The Bertz CT molecular complexity index is 702. The van der Waals surface area contributed by atoms with Gasteiger partial charge in [0.15, 0.2) is 0 Å². The molecule has 0 unspecified atom stereocenters. The molecule has 0 aliphatic carbocycles. The van der Waals surface area contributed by atoms with Gasteiger partial charge in [-0.3, -0.25) is 0 Å². The van der Waals surface area contributed by atoms with E-state index in [1.54, 1.807) is 0 Å². The Morgan fingerprint density at radius 3 is 2.56 bits per heavy atom. The van der Waals surface area contributed by atoms with Crippen molar-refractivity contribution >= 4 is 37.7 Å². The molecule has 1 heterocycles. The third-order valence-corrected chi connectivity index (χ3v) is 3.40. The number of H-pyrrole nitrogens is 1. The Kier molecular flexibility index (Phi) is 3.00. The maximum Gasteiger partial charge on any atom is 0.121 e.